The van der Waals surface area contributed by atoms with Crippen LogP contribution in [0.25, 0.3) is 0 Å². The van der Waals surface area contributed by atoms with E-state index in [0.29, 0.717) is 23.6 Å². The minimum Gasteiger partial charge on any atom is -0.366 e. The Hall–Kier alpha value is -2.66. The van der Waals surface area contributed by atoms with E-state index in [0.717, 1.165) is 26.1 Å². The van der Waals surface area contributed by atoms with Crippen LogP contribution >= 0.6 is 0 Å². The second-order valence-electron chi connectivity index (χ2n) is 7.44. The van der Waals surface area contributed by atoms with Gasteiger partial charge in [0.2, 0.25) is 5.91 Å². The maximum atomic E-state index is 12.3. The number of hydrogen-bond donors (Lipinski definition) is 2. The summed E-state index contributed by atoms with van der Waals surface area (Å²) in [7, 11) is 0. The van der Waals surface area contributed by atoms with Gasteiger partial charge in [0.05, 0.1) is 11.3 Å². The summed E-state index contributed by atoms with van der Waals surface area (Å²) in [5.41, 5.74) is 7.63. The minimum absolute atomic E-state index is 0.0781. The second kappa shape index (κ2) is 10.0. The van der Waals surface area contributed by atoms with E-state index in [1.807, 2.05) is 0 Å². The molecule has 3 rings (SSSR count). The third kappa shape index (κ3) is 5.67. The summed E-state index contributed by atoms with van der Waals surface area (Å²) in [6.07, 6.45) is 4.83. The van der Waals surface area contributed by atoms with Crippen molar-refractivity contribution in [2.75, 3.05) is 25.0 Å². The Morgan fingerprint density at radius 1 is 1.00 bits per heavy atom. The van der Waals surface area contributed by atoms with Crippen LogP contribution in [0.3, 0.4) is 0 Å². The van der Waals surface area contributed by atoms with E-state index in [9.17, 15) is 9.59 Å². The first-order chi connectivity index (χ1) is 13.6. The molecule has 0 saturated carbocycles. The molecule has 2 amide bonds. The Balaban J connectivity index is 1.43. The molecule has 1 atom stereocenters. The van der Waals surface area contributed by atoms with Gasteiger partial charge in [0.15, 0.2) is 0 Å². The molecule has 28 heavy (non-hydrogen) atoms. The maximum Gasteiger partial charge on any atom is 0.250 e. The van der Waals surface area contributed by atoms with Gasteiger partial charge in [-0.15, -0.1) is 0 Å². The van der Waals surface area contributed by atoms with Crippen molar-refractivity contribution < 1.29 is 9.59 Å². The Kier molecular flexibility index (Phi) is 7.20. The van der Waals surface area contributed by atoms with E-state index in [1.165, 1.54) is 24.8 Å². The van der Waals surface area contributed by atoms with Crippen LogP contribution in [-0.2, 0) is 4.79 Å². The topological polar surface area (TPSA) is 75.4 Å². The lowest BCUT2D eigenvalue weighted by Gasteiger charge is -2.20. The maximum absolute atomic E-state index is 12.3. The number of nitrogens with zero attached hydrogens (tertiary/aromatic N) is 1. The normalized spacial score (nSPS) is 17.6. The number of hydrogen-bond acceptors (Lipinski definition) is 3. The fourth-order valence-electron chi connectivity index (χ4n) is 3.92. The van der Waals surface area contributed by atoms with E-state index >= 15 is 0 Å². The number of para-hydroxylation sites is 1. The van der Waals surface area contributed by atoms with Gasteiger partial charge in [-0.3, -0.25) is 9.59 Å². The first kappa shape index (κ1) is 20.1. The number of nitrogens with one attached hydrogen (secondary N) is 1. The first-order valence-corrected chi connectivity index (χ1v) is 10.1. The van der Waals surface area contributed by atoms with Gasteiger partial charge >= 0.3 is 0 Å². The van der Waals surface area contributed by atoms with Crippen LogP contribution in [0.2, 0.25) is 0 Å². The Bertz CT molecular complexity index is 791. The molecule has 2 aromatic carbocycles. The van der Waals surface area contributed by atoms with E-state index in [-0.39, 0.29) is 5.91 Å². The van der Waals surface area contributed by atoms with Crippen LogP contribution in [-0.4, -0.2) is 36.3 Å². The van der Waals surface area contributed by atoms with Gasteiger partial charge in [0, 0.05) is 6.42 Å². The number of likely N-dealkylation sites (tertiary alicyclic amines) is 1. The molecule has 2 aromatic rings. The molecule has 5 nitrogen and oxygen atoms in total. The van der Waals surface area contributed by atoms with Crippen molar-refractivity contribution in [2.45, 2.75) is 38.0 Å². The quantitative estimate of drug-likeness (QED) is 0.769. The highest BCUT2D eigenvalue weighted by atomic mass is 16.2. The number of rotatable bonds is 7. The molecule has 148 valence electrons. The third-order valence-electron chi connectivity index (χ3n) is 5.44. The zero-order chi connectivity index (χ0) is 19.8. The Morgan fingerprint density at radius 3 is 2.54 bits per heavy atom. The molecule has 0 radical (unpaired) electrons. The van der Waals surface area contributed by atoms with E-state index in [1.54, 1.807) is 24.3 Å². The Labute approximate surface area is 166 Å². The molecule has 0 bridgehead atoms. The predicted molar refractivity (Wildman–Crippen MR) is 112 cm³/mol. The van der Waals surface area contributed by atoms with Gasteiger partial charge in [-0.1, -0.05) is 42.5 Å². The van der Waals surface area contributed by atoms with Crippen LogP contribution in [0.15, 0.2) is 54.6 Å². The molecular weight excluding hydrogens is 350 g/mol. The van der Waals surface area contributed by atoms with Crippen molar-refractivity contribution in [3.63, 3.8) is 0 Å². The van der Waals surface area contributed by atoms with Gasteiger partial charge in [0.25, 0.3) is 5.91 Å². The van der Waals surface area contributed by atoms with E-state index < -0.39 is 5.91 Å². The predicted octanol–water partition coefficient (Wildman–Crippen LogP) is 3.77. The van der Waals surface area contributed by atoms with Crippen molar-refractivity contribution >= 4 is 17.5 Å². The average Bonchev–Trinajstić information content (AvgIpc) is 2.95. The van der Waals surface area contributed by atoms with Crippen LogP contribution in [0.1, 0.15) is 53.9 Å². The lowest BCUT2D eigenvalue weighted by molar-refractivity contribution is -0.116. The molecule has 5 heteroatoms. The molecule has 0 aliphatic carbocycles. The summed E-state index contributed by atoms with van der Waals surface area (Å²) in [6.45, 7) is 3.09. The van der Waals surface area contributed by atoms with Crippen LogP contribution in [0, 0.1) is 0 Å². The SMILES string of the molecule is NC(=O)c1ccccc1NC(=O)CCCN1CCCC(c2ccccc2)CC1. The summed E-state index contributed by atoms with van der Waals surface area (Å²) in [4.78, 5) is 26.2. The first-order valence-electron chi connectivity index (χ1n) is 10.1. The van der Waals surface area contributed by atoms with Crippen LogP contribution in [0.4, 0.5) is 5.69 Å². The lowest BCUT2D eigenvalue weighted by atomic mass is 9.92. The molecule has 1 saturated heterocycles. The number of carbonyl (C=O) groups excluding carboxylic acids is 2. The second-order valence-corrected chi connectivity index (χ2v) is 7.44. The van der Waals surface area contributed by atoms with E-state index in [4.69, 9.17) is 5.73 Å². The van der Waals surface area contributed by atoms with Crippen molar-refractivity contribution in [1.82, 2.24) is 4.90 Å². The zero-order valence-corrected chi connectivity index (χ0v) is 16.3. The monoisotopic (exact) mass is 379 g/mol. The van der Waals surface area contributed by atoms with Crippen LogP contribution in [0.5, 0.6) is 0 Å². The summed E-state index contributed by atoms with van der Waals surface area (Å²) >= 11 is 0. The smallest absolute Gasteiger partial charge is 0.250 e. The number of nitrogens with two attached hydrogens (primary N) is 1. The molecule has 1 unspecified atom stereocenters. The molecule has 1 heterocycles. The number of benzene rings is 2. The standard InChI is InChI=1S/C23H29N3O2/c24-23(28)20-11-4-5-12-21(20)25-22(27)13-7-16-26-15-6-10-19(14-17-26)18-8-2-1-3-9-18/h1-5,8-9,11-12,19H,6-7,10,13-17H2,(H2,24,28)(H,25,27). The fraction of sp³-hybridized carbons (Fsp3) is 0.391. The van der Waals surface area contributed by atoms with Gasteiger partial charge in [0.1, 0.15) is 0 Å². The van der Waals surface area contributed by atoms with Gasteiger partial charge in [-0.25, -0.2) is 0 Å². The zero-order valence-electron chi connectivity index (χ0n) is 16.3. The molecular formula is C23H29N3O2. The molecule has 1 aliphatic rings. The highest BCUT2D eigenvalue weighted by Crippen LogP contribution is 2.27. The molecule has 1 fully saturated rings. The highest BCUT2D eigenvalue weighted by Gasteiger charge is 2.18. The summed E-state index contributed by atoms with van der Waals surface area (Å²) in [5, 5.41) is 2.81. The number of carbonyl (C=O) groups is 2. The largest absolute Gasteiger partial charge is 0.366 e. The number of primary amides is 1. The van der Waals surface area contributed by atoms with Gasteiger partial charge < -0.3 is 16.0 Å². The summed E-state index contributed by atoms with van der Waals surface area (Å²) in [6, 6.07) is 17.6. The van der Waals surface area contributed by atoms with Gasteiger partial charge in [-0.2, -0.15) is 0 Å². The molecule has 0 spiro atoms. The van der Waals surface area contributed by atoms with Crippen molar-refractivity contribution in [3.05, 3.63) is 65.7 Å². The van der Waals surface area contributed by atoms with E-state index in [2.05, 4.69) is 40.5 Å². The highest BCUT2D eigenvalue weighted by molar-refractivity contribution is 6.02. The number of amides is 2. The van der Waals surface area contributed by atoms with Crippen molar-refractivity contribution in [1.29, 1.82) is 0 Å². The Morgan fingerprint density at radius 2 is 1.75 bits per heavy atom. The van der Waals surface area contributed by atoms with Crippen molar-refractivity contribution in [3.8, 4) is 0 Å². The molecule has 3 N–H and O–H groups in total. The average molecular weight is 380 g/mol. The van der Waals surface area contributed by atoms with Crippen LogP contribution < -0.4 is 11.1 Å². The lowest BCUT2D eigenvalue weighted by Crippen LogP contribution is -2.27. The molecule has 0 aromatic heterocycles. The number of anilines is 1. The summed E-state index contributed by atoms with van der Waals surface area (Å²) < 4.78 is 0. The van der Waals surface area contributed by atoms with Gasteiger partial charge in [-0.05, 0) is 68.9 Å². The third-order valence-corrected chi connectivity index (χ3v) is 5.44. The molecule has 1 aliphatic heterocycles. The minimum atomic E-state index is -0.534. The fourth-order valence-corrected chi connectivity index (χ4v) is 3.92. The van der Waals surface area contributed by atoms with Crippen molar-refractivity contribution in [2.24, 2.45) is 5.73 Å². The summed E-state index contributed by atoms with van der Waals surface area (Å²) in [5.74, 6) is 0.0268.